The third-order valence-corrected chi connectivity index (χ3v) is 4.67. The quantitative estimate of drug-likeness (QED) is 0.842. The number of rotatable bonds is 5. The molecule has 1 aliphatic rings. The van der Waals surface area contributed by atoms with Crippen molar-refractivity contribution in [2.24, 2.45) is 0 Å². The van der Waals surface area contributed by atoms with Gasteiger partial charge in [-0.05, 0) is 50.2 Å². The van der Waals surface area contributed by atoms with Crippen molar-refractivity contribution >= 4 is 30.1 Å². The van der Waals surface area contributed by atoms with Gasteiger partial charge in [0.15, 0.2) is 0 Å². The van der Waals surface area contributed by atoms with Crippen LogP contribution in [0.5, 0.6) is 5.75 Å². The molecule has 2 rings (SSSR count). The van der Waals surface area contributed by atoms with Crippen molar-refractivity contribution in [1.82, 2.24) is 10.2 Å². The molecule has 0 aromatic heterocycles. The molecule has 1 heterocycles. The molecule has 0 radical (unpaired) electrons. The molecule has 21 heavy (non-hydrogen) atoms. The molecule has 1 fully saturated rings. The first-order valence-corrected chi connectivity index (χ1v) is 7.92. The van der Waals surface area contributed by atoms with Gasteiger partial charge in [0, 0.05) is 18.0 Å². The van der Waals surface area contributed by atoms with Crippen molar-refractivity contribution in [2.45, 2.75) is 23.8 Å². The van der Waals surface area contributed by atoms with Crippen LogP contribution >= 0.6 is 24.2 Å². The van der Waals surface area contributed by atoms with Gasteiger partial charge in [0.25, 0.3) is 0 Å². The van der Waals surface area contributed by atoms with E-state index in [0.717, 1.165) is 36.6 Å². The van der Waals surface area contributed by atoms with E-state index in [0.29, 0.717) is 11.8 Å². The van der Waals surface area contributed by atoms with E-state index in [-0.39, 0.29) is 18.3 Å². The van der Waals surface area contributed by atoms with E-state index in [4.69, 9.17) is 4.74 Å². The standard InChI is InChI=1S/C15H22N2O2S.ClH/c1-17(12-7-9-16-10-8-12)15(18)11-20-14-5-3-13(19-2)4-6-14;/h3-6,12,16H,7-11H2,1-2H3;1H. The number of ether oxygens (including phenoxy) is 1. The second kappa shape index (κ2) is 9.18. The Kier molecular flexibility index (Phi) is 7.93. The number of carbonyl (C=O) groups excluding carboxylic acids is 1. The predicted octanol–water partition coefficient (Wildman–Crippen LogP) is 2.42. The summed E-state index contributed by atoms with van der Waals surface area (Å²) in [5.41, 5.74) is 0. The summed E-state index contributed by atoms with van der Waals surface area (Å²) < 4.78 is 5.12. The van der Waals surface area contributed by atoms with Crippen LogP contribution in [0.2, 0.25) is 0 Å². The number of methoxy groups -OCH3 is 1. The van der Waals surface area contributed by atoms with Gasteiger partial charge in [-0.3, -0.25) is 4.79 Å². The first-order valence-electron chi connectivity index (χ1n) is 6.94. The lowest BCUT2D eigenvalue weighted by Crippen LogP contribution is -2.44. The van der Waals surface area contributed by atoms with Crippen LogP contribution in [0.1, 0.15) is 12.8 Å². The average molecular weight is 331 g/mol. The molecule has 6 heteroatoms. The summed E-state index contributed by atoms with van der Waals surface area (Å²) in [6.45, 7) is 2.02. The molecule has 0 bridgehead atoms. The van der Waals surface area contributed by atoms with Gasteiger partial charge in [-0.2, -0.15) is 0 Å². The van der Waals surface area contributed by atoms with Crippen molar-refractivity contribution in [1.29, 1.82) is 0 Å². The van der Waals surface area contributed by atoms with Crippen LogP contribution in [0.3, 0.4) is 0 Å². The fourth-order valence-corrected chi connectivity index (χ4v) is 3.14. The maximum atomic E-state index is 12.2. The number of benzene rings is 1. The number of piperidine rings is 1. The summed E-state index contributed by atoms with van der Waals surface area (Å²) >= 11 is 1.58. The fourth-order valence-electron chi connectivity index (χ4n) is 2.32. The molecule has 0 spiro atoms. The van der Waals surface area contributed by atoms with Crippen molar-refractivity contribution in [3.05, 3.63) is 24.3 Å². The minimum absolute atomic E-state index is 0. The number of thioether (sulfide) groups is 1. The molecule has 4 nitrogen and oxygen atoms in total. The molecule has 0 atom stereocenters. The van der Waals surface area contributed by atoms with Crippen LogP contribution in [-0.4, -0.2) is 49.8 Å². The SMILES string of the molecule is COc1ccc(SCC(=O)N(C)C2CCNCC2)cc1.Cl. The van der Waals surface area contributed by atoms with Gasteiger partial charge >= 0.3 is 0 Å². The lowest BCUT2D eigenvalue weighted by molar-refractivity contribution is -0.129. The zero-order valence-electron chi connectivity index (χ0n) is 12.5. The predicted molar refractivity (Wildman–Crippen MR) is 89.6 cm³/mol. The van der Waals surface area contributed by atoms with E-state index in [2.05, 4.69) is 5.32 Å². The molecule has 118 valence electrons. The number of hydrogen-bond donors (Lipinski definition) is 1. The Morgan fingerprint density at radius 3 is 2.52 bits per heavy atom. The second-order valence-electron chi connectivity index (χ2n) is 4.95. The molecule has 0 saturated carbocycles. The zero-order valence-corrected chi connectivity index (χ0v) is 14.1. The van der Waals surface area contributed by atoms with Gasteiger partial charge in [-0.1, -0.05) is 0 Å². The van der Waals surface area contributed by atoms with E-state index in [1.54, 1.807) is 18.9 Å². The number of amides is 1. The van der Waals surface area contributed by atoms with E-state index in [1.807, 2.05) is 36.2 Å². The highest BCUT2D eigenvalue weighted by molar-refractivity contribution is 8.00. The first kappa shape index (κ1) is 18.1. The largest absolute Gasteiger partial charge is 0.497 e. The Hall–Kier alpha value is -0.910. The third-order valence-electron chi connectivity index (χ3n) is 3.67. The monoisotopic (exact) mass is 330 g/mol. The van der Waals surface area contributed by atoms with E-state index in [9.17, 15) is 4.79 Å². The van der Waals surface area contributed by atoms with Gasteiger partial charge < -0.3 is 15.0 Å². The van der Waals surface area contributed by atoms with Crippen LogP contribution in [0.15, 0.2) is 29.2 Å². The highest BCUT2D eigenvalue weighted by atomic mass is 35.5. The molecule has 1 aliphatic heterocycles. The molecular weight excluding hydrogens is 308 g/mol. The van der Waals surface area contributed by atoms with Gasteiger partial charge in [-0.15, -0.1) is 24.2 Å². The van der Waals surface area contributed by atoms with Crippen molar-refractivity contribution in [3.8, 4) is 5.75 Å². The van der Waals surface area contributed by atoms with Gasteiger partial charge in [0.05, 0.1) is 12.9 Å². The molecule has 1 N–H and O–H groups in total. The maximum Gasteiger partial charge on any atom is 0.232 e. The summed E-state index contributed by atoms with van der Waals surface area (Å²) in [7, 11) is 3.58. The van der Waals surface area contributed by atoms with Crippen molar-refractivity contribution < 1.29 is 9.53 Å². The Morgan fingerprint density at radius 1 is 1.33 bits per heavy atom. The number of nitrogens with one attached hydrogen (secondary N) is 1. The molecule has 0 unspecified atom stereocenters. The zero-order chi connectivity index (χ0) is 14.4. The summed E-state index contributed by atoms with van der Waals surface area (Å²) in [4.78, 5) is 15.2. The number of halogens is 1. The third kappa shape index (κ3) is 5.41. The number of hydrogen-bond acceptors (Lipinski definition) is 4. The lowest BCUT2D eigenvalue weighted by atomic mass is 10.1. The number of nitrogens with zero attached hydrogens (tertiary/aromatic N) is 1. The summed E-state index contributed by atoms with van der Waals surface area (Å²) in [5, 5.41) is 3.32. The minimum Gasteiger partial charge on any atom is -0.497 e. The summed E-state index contributed by atoms with van der Waals surface area (Å²) in [5.74, 6) is 1.54. The Morgan fingerprint density at radius 2 is 1.95 bits per heavy atom. The highest BCUT2D eigenvalue weighted by Gasteiger charge is 2.21. The smallest absolute Gasteiger partial charge is 0.232 e. The average Bonchev–Trinajstić information content (AvgIpc) is 2.53. The molecule has 1 amide bonds. The van der Waals surface area contributed by atoms with Crippen LogP contribution in [0.25, 0.3) is 0 Å². The molecule has 1 saturated heterocycles. The Bertz CT molecular complexity index is 436. The molecule has 0 aliphatic carbocycles. The van der Waals surface area contributed by atoms with Crippen LogP contribution in [0.4, 0.5) is 0 Å². The Balaban J connectivity index is 0.00000220. The first-order chi connectivity index (χ1) is 9.70. The summed E-state index contributed by atoms with van der Waals surface area (Å²) in [6.07, 6.45) is 2.10. The molecule has 1 aromatic carbocycles. The van der Waals surface area contributed by atoms with Crippen LogP contribution in [0, 0.1) is 0 Å². The normalized spacial score (nSPS) is 15.1. The van der Waals surface area contributed by atoms with E-state index in [1.165, 1.54) is 0 Å². The van der Waals surface area contributed by atoms with Crippen molar-refractivity contribution in [3.63, 3.8) is 0 Å². The summed E-state index contributed by atoms with van der Waals surface area (Å²) in [6, 6.07) is 8.20. The highest BCUT2D eigenvalue weighted by Crippen LogP contribution is 2.22. The molecular formula is C15H23ClN2O2S. The van der Waals surface area contributed by atoms with Gasteiger partial charge in [0.2, 0.25) is 5.91 Å². The van der Waals surface area contributed by atoms with Crippen LogP contribution < -0.4 is 10.1 Å². The Labute approximate surface area is 137 Å². The minimum atomic E-state index is 0. The van der Waals surface area contributed by atoms with E-state index < -0.39 is 0 Å². The van der Waals surface area contributed by atoms with Gasteiger partial charge in [0.1, 0.15) is 5.75 Å². The lowest BCUT2D eigenvalue weighted by Gasteiger charge is -2.31. The number of carbonyl (C=O) groups is 1. The van der Waals surface area contributed by atoms with Crippen molar-refractivity contribution in [2.75, 3.05) is 33.0 Å². The van der Waals surface area contributed by atoms with Gasteiger partial charge in [-0.25, -0.2) is 0 Å². The fraction of sp³-hybridized carbons (Fsp3) is 0.533. The molecule has 1 aromatic rings. The maximum absolute atomic E-state index is 12.2. The van der Waals surface area contributed by atoms with E-state index >= 15 is 0 Å². The second-order valence-corrected chi connectivity index (χ2v) is 6.00. The van der Waals surface area contributed by atoms with Crippen LogP contribution in [-0.2, 0) is 4.79 Å². The topological polar surface area (TPSA) is 41.6 Å².